The van der Waals surface area contributed by atoms with Gasteiger partial charge in [0.25, 0.3) is 5.91 Å². The molecule has 1 amide bonds. The maximum atomic E-state index is 12.3. The van der Waals surface area contributed by atoms with Gasteiger partial charge >= 0.3 is 12.6 Å². The lowest BCUT2D eigenvalue weighted by molar-refractivity contribution is -0.123. The van der Waals surface area contributed by atoms with Gasteiger partial charge in [0, 0.05) is 6.07 Å². The molecule has 0 aromatic heterocycles. The van der Waals surface area contributed by atoms with Gasteiger partial charge in [0.05, 0.1) is 25.5 Å². The number of nitrogens with one attached hydrogen (secondary N) is 1. The Balaban J connectivity index is 2.01. The number of rotatable bonds is 8. The van der Waals surface area contributed by atoms with Crippen LogP contribution in [-0.4, -0.2) is 38.8 Å². The summed E-state index contributed by atoms with van der Waals surface area (Å²) in [4.78, 5) is 24.5. The highest BCUT2D eigenvalue weighted by atomic mass is 19.3. The second-order valence-corrected chi connectivity index (χ2v) is 5.51. The van der Waals surface area contributed by atoms with Crippen LogP contribution in [0.3, 0.4) is 0 Å². The zero-order valence-electron chi connectivity index (χ0n) is 15.4. The van der Waals surface area contributed by atoms with Gasteiger partial charge in [0.1, 0.15) is 17.2 Å². The minimum Gasteiger partial charge on any atom is -0.497 e. The summed E-state index contributed by atoms with van der Waals surface area (Å²) in [5.74, 6) is -0.557. The molecule has 0 saturated carbocycles. The van der Waals surface area contributed by atoms with Gasteiger partial charge in [0.15, 0.2) is 6.10 Å². The molecule has 0 bridgehead atoms. The summed E-state index contributed by atoms with van der Waals surface area (Å²) >= 11 is 0. The number of carbonyl (C=O) groups excluding carboxylic acids is 2. The molecule has 0 fully saturated rings. The van der Waals surface area contributed by atoms with Gasteiger partial charge in [-0.2, -0.15) is 8.78 Å². The van der Waals surface area contributed by atoms with Crippen LogP contribution in [0.5, 0.6) is 17.2 Å². The number of methoxy groups -OCH3 is 2. The predicted molar refractivity (Wildman–Crippen MR) is 96.1 cm³/mol. The Hall–Kier alpha value is -3.36. The van der Waals surface area contributed by atoms with Gasteiger partial charge < -0.3 is 24.3 Å². The van der Waals surface area contributed by atoms with Crippen LogP contribution in [0.4, 0.5) is 14.5 Å². The quantitative estimate of drug-likeness (QED) is 0.689. The second kappa shape index (κ2) is 9.54. The molecule has 0 saturated heterocycles. The first-order valence-corrected chi connectivity index (χ1v) is 8.12. The Kier molecular flexibility index (Phi) is 7.14. The van der Waals surface area contributed by atoms with Crippen LogP contribution in [0.1, 0.15) is 17.3 Å². The van der Waals surface area contributed by atoms with Crippen molar-refractivity contribution in [1.82, 2.24) is 0 Å². The fourth-order valence-corrected chi connectivity index (χ4v) is 2.20. The smallest absolute Gasteiger partial charge is 0.387 e. The molecule has 9 heteroatoms. The van der Waals surface area contributed by atoms with Crippen LogP contribution in [-0.2, 0) is 9.53 Å². The number of halogens is 2. The highest BCUT2D eigenvalue weighted by molar-refractivity contribution is 5.98. The molecule has 1 unspecified atom stereocenters. The van der Waals surface area contributed by atoms with Crippen molar-refractivity contribution in [3.8, 4) is 17.2 Å². The number of hydrogen-bond acceptors (Lipinski definition) is 6. The largest absolute Gasteiger partial charge is 0.497 e. The van der Waals surface area contributed by atoms with E-state index in [1.54, 1.807) is 18.2 Å². The van der Waals surface area contributed by atoms with Crippen molar-refractivity contribution >= 4 is 17.6 Å². The third kappa shape index (κ3) is 5.57. The number of benzene rings is 2. The van der Waals surface area contributed by atoms with Gasteiger partial charge in [-0.1, -0.05) is 0 Å². The van der Waals surface area contributed by atoms with Crippen LogP contribution >= 0.6 is 0 Å². The second-order valence-electron chi connectivity index (χ2n) is 5.51. The standard InChI is InChI=1S/C19H19F2NO6/c1-11(17(23)22-15-10-14(25-2)8-9-16(15)26-3)27-18(24)12-4-6-13(7-5-12)28-19(20)21/h4-11,19H,1-3H3,(H,22,23). The number of carbonyl (C=O) groups is 2. The first kappa shape index (κ1) is 20.9. The fraction of sp³-hybridized carbons (Fsp3) is 0.263. The molecule has 1 atom stereocenters. The van der Waals surface area contributed by atoms with E-state index in [9.17, 15) is 18.4 Å². The fourth-order valence-electron chi connectivity index (χ4n) is 2.20. The SMILES string of the molecule is COc1ccc(OC)c(NC(=O)C(C)OC(=O)c2ccc(OC(F)F)cc2)c1. The van der Waals surface area contributed by atoms with Crippen LogP contribution < -0.4 is 19.5 Å². The van der Waals surface area contributed by atoms with E-state index in [1.807, 2.05) is 0 Å². The maximum absolute atomic E-state index is 12.3. The molecule has 150 valence electrons. The molecule has 0 aliphatic carbocycles. The van der Waals surface area contributed by atoms with E-state index in [2.05, 4.69) is 10.1 Å². The Morgan fingerprint density at radius 3 is 2.18 bits per heavy atom. The van der Waals surface area contributed by atoms with Crippen molar-refractivity contribution in [3.63, 3.8) is 0 Å². The average Bonchev–Trinajstić information content (AvgIpc) is 2.67. The molecule has 0 heterocycles. The topological polar surface area (TPSA) is 83.1 Å². The lowest BCUT2D eigenvalue weighted by Gasteiger charge is -2.16. The Bertz CT molecular complexity index is 826. The molecular weight excluding hydrogens is 376 g/mol. The highest BCUT2D eigenvalue weighted by Gasteiger charge is 2.20. The van der Waals surface area contributed by atoms with Crippen molar-refractivity contribution in [2.75, 3.05) is 19.5 Å². The van der Waals surface area contributed by atoms with Crippen molar-refractivity contribution in [2.24, 2.45) is 0 Å². The van der Waals surface area contributed by atoms with Crippen LogP contribution in [0, 0.1) is 0 Å². The number of amides is 1. The monoisotopic (exact) mass is 395 g/mol. The minimum atomic E-state index is -2.96. The Labute approximate surface area is 160 Å². The van der Waals surface area contributed by atoms with E-state index in [0.29, 0.717) is 17.2 Å². The van der Waals surface area contributed by atoms with E-state index >= 15 is 0 Å². The van der Waals surface area contributed by atoms with Crippen LogP contribution in [0.15, 0.2) is 42.5 Å². The third-order valence-corrected chi connectivity index (χ3v) is 3.63. The van der Waals surface area contributed by atoms with Gasteiger partial charge in [-0.25, -0.2) is 4.79 Å². The van der Waals surface area contributed by atoms with Gasteiger partial charge in [-0.15, -0.1) is 0 Å². The summed E-state index contributed by atoms with van der Waals surface area (Å²) in [5.41, 5.74) is 0.434. The van der Waals surface area contributed by atoms with E-state index in [-0.39, 0.29) is 11.3 Å². The summed E-state index contributed by atoms with van der Waals surface area (Å²) in [6.07, 6.45) is -1.12. The third-order valence-electron chi connectivity index (χ3n) is 3.63. The van der Waals surface area contributed by atoms with Crippen molar-refractivity contribution in [1.29, 1.82) is 0 Å². The van der Waals surface area contributed by atoms with Gasteiger partial charge in [-0.05, 0) is 43.3 Å². The van der Waals surface area contributed by atoms with E-state index in [1.165, 1.54) is 45.4 Å². The first-order valence-electron chi connectivity index (χ1n) is 8.12. The summed E-state index contributed by atoms with van der Waals surface area (Å²) in [6.45, 7) is -1.57. The average molecular weight is 395 g/mol. The van der Waals surface area contributed by atoms with Crippen molar-refractivity contribution < 1.29 is 37.3 Å². The molecule has 7 nitrogen and oxygen atoms in total. The summed E-state index contributed by atoms with van der Waals surface area (Å²) < 4.78 is 43.9. The lowest BCUT2D eigenvalue weighted by atomic mass is 10.2. The van der Waals surface area contributed by atoms with Crippen molar-refractivity contribution in [2.45, 2.75) is 19.6 Å². The predicted octanol–water partition coefficient (Wildman–Crippen LogP) is 3.49. The zero-order chi connectivity index (χ0) is 20.7. The number of hydrogen-bond donors (Lipinski definition) is 1. The zero-order valence-corrected chi connectivity index (χ0v) is 15.4. The normalized spacial score (nSPS) is 11.5. The molecule has 2 aromatic rings. The molecule has 0 spiro atoms. The molecule has 0 aliphatic rings. The molecule has 28 heavy (non-hydrogen) atoms. The molecule has 2 aromatic carbocycles. The Morgan fingerprint density at radius 2 is 1.61 bits per heavy atom. The van der Waals surface area contributed by atoms with Crippen LogP contribution in [0.25, 0.3) is 0 Å². The first-order chi connectivity index (χ1) is 13.3. The summed E-state index contributed by atoms with van der Waals surface area (Å²) in [7, 11) is 2.93. The van der Waals surface area contributed by atoms with E-state index in [0.717, 1.165) is 0 Å². The minimum absolute atomic E-state index is 0.0835. The molecule has 1 N–H and O–H groups in total. The van der Waals surface area contributed by atoms with Gasteiger partial charge in [-0.3, -0.25) is 4.79 Å². The summed E-state index contributed by atoms with van der Waals surface area (Å²) in [6, 6.07) is 9.77. The van der Waals surface area contributed by atoms with Crippen LogP contribution in [0.2, 0.25) is 0 Å². The number of alkyl halides is 2. The number of ether oxygens (including phenoxy) is 4. The number of esters is 1. The maximum Gasteiger partial charge on any atom is 0.387 e. The Morgan fingerprint density at radius 1 is 0.964 bits per heavy atom. The van der Waals surface area contributed by atoms with Gasteiger partial charge in [0.2, 0.25) is 0 Å². The summed E-state index contributed by atoms with van der Waals surface area (Å²) in [5, 5.41) is 2.60. The van der Waals surface area contributed by atoms with Crippen molar-refractivity contribution in [3.05, 3.63) is 48.0 Å². The highest BCUT2D eigenvalue weighted by Crippen LogP contribution is 2.29. The van der Waals surface area contributed by atoms with E-state index < -0.39 is 24.6 Å². The van der Waals surface area contributed by atoms with E-state index in [4.69, 9.17) is 14.2 Å². The molecule has 0 radical (unpaired) electrons. The molecule has 0 aliphatic heterocycles. The lowest BCUT2D eigenvalue weighted by Crippen LogP contribution is -2.30. The molecule has 2 rings (SSSR count). The molecular formula is C19H19F2NO6. The number of anilines is 1.